The number of allylic oxidation sites excluding steroid dienone is 9. The van der Waals surface area contributed by atoms with E-state index in [1.807, 2.05) is 33.3 Å². The molecule has 0 fully saturated rings. The number of quaternary nitrogens is 1. The number of phosphoric acid groups is 1. The molecule has 0 bridgehead atoms. The molecule has 10 heteroatoms. The molecular weight excluding hydrogens is 964 g/mol. The van der Waals surface area contributed by atoms with Crippen molar-refractivity contribution in [3.63, 3.8) is 0 Å². The van der Waals surface area contributed by atoms with Gasteiger partial charge in [-0.25, -0.2) is 0 Å². The summed E-state index contributed by atoms with van der Waals surface area (Å²) in [6, 6.07) is -0.899. The van der Waals surface area contributed by atoms with Crippen molar-refractivity contribution in [3.05, 3.63) is 60.8 Å². The number of ether oxygens (including phenoxy) is 1. The molecule has 0 saturated carbocycles. The summed E-state index contributed by atoms with van der Waals surface area (Å²) in [5.41, 5.74) is 0. The van der Waals surface area contributed by atoms with Gasteiger partial charge in [-0.1, -0.05) is 255 Å². The van der Waals surface area contributed by atoms with Crippen LogP contribution in [0.5, 0.6) is 0 Å². The highest BCUT2D eigenvalue weighted by Crippen LogP contribution is 2.38. The molecule has 0 radical (unpaired) electrons. The number of nitrogens with zero attached hydrogens (tertiary/aromatic N) is 1. The summed E-state index contributed by atoms with van der Waals surface area (Å²) in [4.78, 5) is 39.9. The molecule has 1 N–H and O–H groups in total. The molecule has 0 heterocycles. The molecule has 0 aromatic rings. The zero-order chi connectivity index (χ0) is 55.7. The van der Waals surface area contributed by atoms with Crippen LogP contribution in [-0.2, 0) is 27.9 Å². The third-order valence-electron chi connectivity index (χ3n) is 14.2. The summed E-state index contributed by atoms with van der Waals surface area (Å²) in [6.07, 6.45) is 70.6. The fraction of sp³-hybridized carbons (Fsp3) is 0.818. The van der Waals surface area contributed by atoms with E-state index in [1.165, 1.54) is 173 Å². The topological polar surface area (TPSA) is 114 Å². The van der Waals surface area contributed by atoms with Gasteiger partial charge in [-0.15, -0.1) is 0 Å². The van der Waals surface area contributed by atoms with Crippen molar-refractivity contribution < 1.29 is 37.3 Å². The molecule has 9 nitrogen and oxygen atoms in total. The number of unbranched alkanes of at least 4 members (excludes halogenated alkanes) is 34. The van der Waals surface area contributed by atoms with Gasteiger partial charge in [0.25, 0.3) is 7.82 Å². The third-order valence-corrected chi connectivity index (χ3v) is 15.1. The SMILES string of the molecule is CC/C=C/C/C=C/C/C=C/CCCCCCC(=O)NC(COP(=O)([O-])OCC[N+](C)(C)C)C(/C=C\CCCCCCCCCCC)OC(=O)CCCCCCCCCCCCCCCCC/C=C/CCCCCCCC. The molecule has 0 spiro atoms. The van der Waals surface area contributed by atoms with Crippen molar-refractivity contribution >= 4 is 19.7 Å². The largest absolute Gasteiger partial charge is 0.756 e. The van der Waals surface area contributed by atoms with Crippen LogP contribution in [0.4, 0.5) is 0 Å². The fourth-order valence-corrected chi connectivity index (χ4v) is 9.96. The average Bonchev–Trinajstić information content (AvgIpc) is 3.38. The normalized spacial score (nSPS) is 14.0. The lowest BCUT2D eigenvalue weighted by molar-refractivity contribution is -0.870. The number of nitrogens with one attached hydrogen (secondary N) is 1. The molecule has 3 unspecified atom stereocenters. The molecule has 444 valence electrons. The van der Waals surface area contributed by atoms with Crippen LogP contribution in [0.25, 0.3) is 0 Å². The molecule has 0 aliphatic rings. The van der Waals surface area contributed by atoms with E-state index >= 15 is 0 Å². The Labute approximate surface area is 471 Å². The monoisotopic (exact) mass is 1090 g/mol. The van der Waals surface area contributed by atoms with Crippen LogP contribution in [0.3, 0.4) is 0 Å². The molecule has 0 aliphatic carbocycles. The molecular formula is C66H123N2O7P. The molecule has 0 rings (SSSR count). The van der Waals surface area contributed by atoms with Gasteiger partial charge in [0.1, 0.15) is 19.3 Å². The Morgan fingerprint density at radius 1 is 0.474 bits per heavy atom. The van der Waals surface area contributed by atoms with Gasteiger partial charge in [0.2, 0.25) is 5.91 Å². The summed E-state index contributed by atoms with van der Waals surface area (Å²) in [5.74, 6) is -0.561. The maximum Gasteiger partial charge on any atom is 0.306 e. The Morgan fingerprint density at radius 2 is 0.842 bits per heavy atom. The van der Waals surface area contributed by atoms with Gasteiger partial charge in [-0.05, 0) is 89.5 Å². The summed E-state index contributed by atoms with van der Waals surface area (Å²) in [7, 11) is 1.17. The van der Waals surface area contributed by atoms with E-state index in [2.05, 4.69) is 74.7 Å². The maximum atomic E-state index is 13.5. The second kappa shape index (κ2) is 56.0. The van der Waals surface area contributed by atoms with Crippen molar-refractivity contribution in [2.24, 2.45) is 0 Å². The molecule has 0 aromatic carbocycles. The van der Waals surface area contributed by atoms with Crippen LogP contribution in [0, 0.1) is 0 Å². The van der Waals surface area contributed by atoms with Gasteiger partial charge in [0.15, 0.2) is 0 Å². The minimum atomic E-state index is -4.70. The van der Waals surface area contributed by atoms with Crippen molar-refractivity contribution in [2.45, 2.75) is 309 Å². The molecule has 0 aromatic heterocycles. The van der Waals surface area contributed by atoms with Crippen LogP contribution in [0.2, 0.25) is 0 Å². The lowest BCUT2D eigenvalue weighted by atomic mass is 10.0. The predicted molar refractivity (Wildman–Crippen MR) is 325 cm³/mol. The molecule has 1 amide bonds. The first kappa shape index (κ1) is 73.7. The van der Waals surface area contributed by atoms with E-state index in [0.717, 1.165) is 83.5 Å². The van der Waals surface area contributed by atoms with Crippen LogP contribution in [-0.4, -0.2) is 69.4 Å². The van der Waals surface area contributed by atoms with E-state index in [1.54, 1.807) is 0 Å². The lowest BCUT2D eigenvalue weighted by Gasteiger charge is -2.30. The van der Waals surface area contributed by atoms with Crippen molar-refractivity contribution in [1.82, 2.24) is 5.32 Å². The number of hydrogen-bond donors (Lipinski definition) is 1. The highest BCUT2D eigenvalue weighted by atomic mass is 31.2. The van der Waals surface area contributed by atoms with Crippen molar-refractivity contribution in [3.8, 4) is 0 Å². The van der Waals surface area contributed by atoms with E-state index in [-0.39, 0.29) is 24.9 Å². The fourth-order valence-electron chi connectivity index (χ4n) is 9.24. The van der Waals surface area contributed by atoms with Gasteiger partial charge >= 0.3 is 5.97 Å². The molecule has 3 atom stereocenters. The number of rotatable bonds is 58. The predicted octanol–water partition coefficient (Wildman–Crippen LogP) is 19.2. The van der Waals surface area contributed by atoms with Crippen molar-refractivity contribution in [1.29, 1.82) is 0 Å². The van der Waals surface area contributed by atoms with Crippen molar-refractivity contribution in [2.75, 3.05) is 40.9 Å². The van der Waals surface area contributed by atoms with Crippen LogP contribution < -0.4 is 10.2 Å². The molecule has 0 aliphatic heterocycles. The number of carbonyl (C=O) groups excluding carboxylic acids is 2. The first-order valence-corrected chi connectivity index (χ1v) is 33.6. The first-order valence-electron chi connectivity index (χ1n) is 32.1. The zero-order valence-corrected chi connectivity index (χ0v) is 51.6. The maximum absolute atomic E-state index is 13.5. The van der Waals surface area contributed by atoms with E-state index < -0.39 is 26.6 Å². The van der Waals surface area contributed by atoms with Gasteiger partial charge in [0.05, 0.1) is 33.8 Å². The van der Waals surface area contributed by atoms with Crippen LogP contribution in [0.15, 0.2) is 60.8 Å². The third kappa shape index (κ3) is 56.4. The van der Waals surface area contributed by atoms with E-state index in [0.29, 0.717) is 23.9 Å². The summed E-state index contributed by atoms with van der Waals surface area (Å²) in [6.45, 7) is 6.72. The second-order valence-electron chi connectivity index (χ2n) is 22.9. The lowest BCUT2D eigenvalue weighted by Crippen LogP contribution is -2.47. The Bertz CT molecular complexity index is 1490. The molecule has 76 heavy (non-hydrogen) atoms. The number of hydrogen-bond acceptors (Lipinski definition) is 7. The summed E-state index contributed by atoms with van der Waals surface area (Å²) in [5, 5.41) is 3.01. The smallest absolute Gasteiger partial charge is 0.306 e. The Balaban J connectivity index is 5.06. The summed E-state index contributed by atoms with van der Waals surface area (Å²) < 4.78 is 30.3. The minimum Gasteiger partial charge on any atom is -0.756 e. The highest BCUT2D eigenvalue weighted by molar-refractivity contribution is 7.45. The van der Waals surface area contributed by atoms with Gasteiger partial charge in [-0.2, -0.15) is 0 Å². The number of esters is 1. The minimum absolute atomic E-state index is 0.0274. The van der Waals surface area contributed by atoms with Crippen LogP contribution >= 0.6 is 7.82 Å². The Morgan fingerprint density at radius 3 is 1.28 bits per heavy atom. The number of phosphoric ester groups is 1. The van der Waals surface area contributed by atoms with E-state index in [9.17, 15) is 19.0 Å². The Kier molecular flexibility index (Phi) is 54.3. The Hall–Kier alpha value is -2.29. The first-order chi connectivity index (χ1) is 36.9. The van der Waals surface area contributed by atoms with Crippen LogP contribution in [0.1, 0.15) is 297 Å². The number of amides is 1. The average molecular weight is 1090 g/mol. The highest BCUT2D eigenvalue weighted by Gasteiger charge is 2.27. The van der Waals surface area contributed by atoms with Gasteiger partial charge in [0, 0.05) is 12.8 Å². The zero-order valence-electron chi connectivity index (χ0n) is 50.7. The van der Waals surface area contributed by atoms with Gasteiger partial charge < -0.3 is 28.5 Å². The second-order valence-corrected chi connectivity index (χ2v) is 24.3. The number of likely N-dealkylation sites (N-methyl/N-ethyl adjacent to an activating group) is 1. The quantitative estimate of drug-likeness (QED) is 0.0212. The van der Waals surface area contributed by atoms with Gasteiger partial charge in [-0.3, -0.25) is 14.2 Å². The standard InChI is InChI=1S/C66H123N2O7P/c1-7-10-13-16-19-22-25-27-29-30-31-32-33-34-35-36-37-38-39-41-44-47-50-53-56-59-66(70)75-64(57-54-51-48-45-42-24-21-18-15-12-9-3)63(62-74-76(71,72)73-61-60-68(4,5)6)67-65(69)58-55-52-49-46-43-40-28-26-23-20-17-14-11-8-2/h11,14,20,23,27-29,40,54,57,63-64H,7-10,12-13,15-19,21-22,24-26,30-39,41-53,55-56,58-62H2,1-6H3,(H-,67,69,71,72)/b14-11+,23-20+,29-27+,40-28+,57-54-. The molecule has 0 saturated heterocycles. The number of carbonyl (C=O) groups is 2. The van der Waals surface area contributed by atoms with E-state index in [4.69, 9.17) is 13.8 Å². The summed E-state index contributed by atoms with van der Waals surface area (Å²) >= 11 is 0.